The summed E-state index contributed by atoms with van der Waals surface area (Å²) in [6.07, 6.45) is -0.692. The molecule has 2 atom stereocenters. The Kier molecular flexibility index (Phi) is 5.08. The Hall–Kier alpha value is -1.03. The van der Waals surface area contributed by atoms with Crippen LogP contribution in [0, 0.1) is 0 Å². The number of hydrogen-bond donors (Lipinski definition) is 1. The van der Waals surface area contributed by atoms with Crippen molar-refractivity contribution in [1.29, 1.82) is 0 Å². The van der Waals surface area contributed by atoms with E-state index in [9.17, 15) is 5.11 Å². The van der Waals surface area contributed by atoms with Crippen LogP contribution in [0.2, 0.25) is 5.02 Å². The molecule has 20 heavy (non-hydrogen) atoms. The second kappa shape index (κ2) is 6.61. The van der Waals surface area contributed by atoms with Gasteiger partial charge in [0.1, 0.15) is 5.75 Å². The van der Waals surface area contributed by atoms with Crippen molar-refractivity contribution in [3.63, 3.8) is 0 Å². The van der Waals surface area contributed by atoms with Crippen LogP contribution in [-0.2, 0) is 0 Å². The van der Waals surface area contributed by atoms with Gasteiger partial charge in [-0.25, -0.2) is 0 Å². The van der Waals surface area contributed by atoms with Crippen LogP contribution in [0.15, 0.2) is 46.9 Å². The first-order chi connectivity index (χ1) is 9.54. The molecule has 4 heteroatoms. The zero-order valence-electron chi connectivity index (χ0n) is 11.3. The van der Waals surface area contributed by atoms with Crippen molar-refractivity contribution in [2.45, 2.75) is 18.9 Å². The lowest BCUT2D eigenvalue weighted by Crippen LogP contribution is -2.09. The first-order valence-corrected chi connectivity index (χ1v) is 7.47. The standard InChI is InChI=1S/C16H16BrClO2/c1-10(11-6-4-3-5-7-11)15(19)13-8-12(18)9-14(17)16(13)20-2/h3-10,15,19H,1-2H3. The number of aliphatic hydroxyl groups is 1. The van der Waals surface area contributed by atoms with Gasteiger partial charge in [-0.15, -0.1) is 0 Å². The van der Waals surface area contributed by atoms with Gasteiger partial charge in [-0.3, -0.25) is 0 Å². The predicted octanol–water partition coefficient (Wildman–Crippen LogP) is 4.95. The first kappa shape index (κ1) is 15.4. The molecule has 0 saturated heterocycles. The van der Waals surface area contributed by atoms with Gasteiger partial charge in [-0.05, 0) is 33.6 Å². The highest BCUT2D eigenvalue weighted by atomic mass is 79.9. The third-order valence-electron chi connectivity index (χ3n) is 3.36. The SMILES string of the molecule is COc1c(Br)cc(Cl)cc1C(O)C(C)c1ccccc1. The Labute approximate surface area is 132 Å². The highest BCUT2D eigenvalue weighted by molar-refractivity contribution is 9.10. The fourth-order valence-corrected chi connectivity index (χ4v) is 3.22. The van der Waals surface area contributed by atoms with Gasteiger partial charge in [0.2, 0.25) is 0 Å². The fraction of sp³-hybridized carbons (Fsp3) is 0.250. The molecule has 0 radical (unpaired) electrons. The summed E-state index contributed by atoms with van der Waals surface area (Å²) in [6, 6.07) is 13.4. The number of aliphatic hydroxyl groups excluding tert-OH is 1. The van der Waals surface area contributed by atoms with Crippen molar-refractivity contribution in [2.75, 3.05) is 7.11 Å². The fourth-order valence-electron chi connectivity index (χ4n) is 2.22. The smallest absolute Gasteiger partial charge is 0.138 e. The van der Waals surface area contributed by atoms with Gasteiger partial charge in [-0.1, -0.05) is 48.9 Å². The largest absolute Gasteiger partial charge is 0.495 e. The highest BCUT2D eigenvalue weighted by Crippen LogP contribution is 2.40. The Morgan fingerprint density at radius 1 is 1.20 bits per heavy atom. The van der Waals surface area contributed by atoms with Crippen molar-refractivity contribution >= 4 is 27.5 Å². The summed E-state index contributed by atoms with van der Waals surface area (Å²) in [4.78, 5) is 0. The van der Waals surface area contributed by atoms with Crippen molar-refractivity contribution in [1.82, 2.24) is 0 Å². The second-order valence-electron chi connectivity index (χ2n) is 4.65. The second-order valence-corrected chi connectivity index (χ2v) is 5.95. The van der Waals surface area contributed by atoms with E-state index in [1.54, 1.807) is 19.2 Å². The average Bonchev–Trinajstić information content (AvgIpc) is 2.46. The Bertz CT molecular complexity index is 587. The molecule has 2 rings (SSSR count). The average molecular weight is 356 g/mol. The molecule has 2 nitrogen and oxygen atoms in total. The summed E-state index contributed by atoms with van der Waals surface area (Å²) in [5, 5.41) is 11.2. The van der Waals surface area contributed by atoms with Crippen molar-refractivity contribution < 1.29 is 9.84 Å². The summed E-state index contributed by atoms with van der Waals surface area (Å²) in [5.74, 6) is 0.556. The lowest BCUT2D eigenvalue weighted by Gasteiger charge is -2.22. The van der Waals surface area contributed by atoms with E-state index in [4.69, 9.17) is 16.3 Å². The molecule has 0 aliphatic rings. The van der Waals surface area contributed by atoms with Gasteiger partial charge in [0.15, 0.2) is 0 Å². The van der Waals surface area contributed by atoms with Gasteiger partial charge < -0.3 is 9.84 Å². The minimum absolute atomic E-state index is 0.0598. The molecule has 1 N–H and O–H groups in total. The van der Waals surface area contributed by atoms with E-state index in [1.165, 1.54) is 0 Å². The molecule has 0 amide bonds. The van der Waals surface area contributed by atoms with E-state index in [1.807, 2.05) is 37.3 Å². The van der Waals surface area contributed by atoms with Gasteiger partial charge in [0.25, 0.3) is 0 Å². The minimum Gasteiger partial charge on any atom is -0.495 e. The van der Waals surface area contributed by atoms with Crippen LogP contribution in [0.5, 0.6) is 5.75 Å². The maximum atomic E-state index is 10.6. The van der Waals surface area contributed by atoms with Crippen molar-refractivity contribution in [3.8, 4) is 5.75 Å². The molecule has 2 aromatic rings. The summed E-state index contributed by atoms with van der Waals surface area (Å²) >= 11 is 9.49. The quantitative estimate of drug-likeness (QED) is 0.841. The molecule has 0 bridgehead atoms. The molecule has 0 heterocycles. The van der Waals surface area contributed by atoms with Crippen LogP contribution in [0.25, 0.3) is 0 Å². The van der Waals surface area contributed by atoms with Crippen LogP contribution < -0.4 is 4.74 Å². The molecule has 0 fully saturated rings. The van der Waals surface area contributed by atoms with E-state index in [0.29, 0.717) is 16.3 Å². The van der Waals surface area contributed by atoms with Gasteiger partial charge >= 0.3 is 0 Å². The van der Waals surface area contributed by atoms with E-state index >= 15 is 0 Å². The minimum atomic E-state index is -0.692. The molecule has 2 aromatic carbocycles. The van der Waals surface area contributed by atoms with Crippen LogP contribution in [0.3, 0.4) is 0 Å². The van der Waals surface area contributed by atoms with Gasteiger partial charge in [-0.2, -0.15) is 0 Å². The molecule has 0 spiro atoms. The van der Waals surface area contributed by atoms with E-state index in [-0.39, 0.29) is 5.92 Å². The lowest BCUT2D eigenvalue weighted by molar-refractivity contribution is 0.147. The first-order valence-electron chi connectivity index (χ1n) is 6.30. The Morgan fingerprint density at radius 2 is 1.85 bits per heavy atom. The summed E-state index contributed by atoms with van der Waals surface area (Å²) in [5.41, 5.74) is 1.75. The lowest BCUT2D eigenvalue weighted by atomic mass is 9.90. The molecule has 0 aliphatic carbocycles. The number of hydrogen-bond acceptors (Lipinski definition) is 2. The van der Waals surface area contributed by atoms with Crippen molar-refractivity contribution in [3.05, 3.63) is 63.1 Å². The van der Waals surface area contributed by atoms with E-state index in [2.05, 4.69) is 15.9 Å². The monoisotopic (exact) mass is 354 g/mol. The third-order valence-corrected chi connectivity index (χ3v) is 4.17. The highest BCUT2D eigenvalue weighted by Gasteiger charge is 2.23. The summed E-state index contributed by atoms with van der Waals surface area (Å²) < 4.78 is 6.11. The number of ether oxygens (including phenoxy) is 1. The van der Waals surface area contributed by atoms with Gasteiger partial charge in [0.05, 0.1) is 17.7 Å². The van der Waals surface area contributed by atoms with Crippen LogP contribution >= 0.6 is 27.5 Å². The molecular weight excluding hydrogens is 340 g/mol. The molecule has 0 aliphatic heterocycles. The molecule has 0 saturated carbocycles. The van der Waals surface area contributed by atoms with E-state index < -0.39 is 6.10 Å². The van der Waals surface area contributed by atoms with Crippen molar-refractivity contribution in [2.24, 2.45) is 0 Å². The zero-order valence-corrected chi connectivity index (χ0v) is 13.6. The topological polar surface area (TPSA) is 29.5 Å². The summed E-state index contributed by atoms with van der Waals surface area (Å²) in [6.45, 7) is 1.98. The molecular formula is C16H16BrClO2. The Morgan fingerprint density at radius 3 is 2.45 bits per heavy atom. The molecule has 2 unspecified atom stereocenters. The zero-order chi connectivity index (χ0) is 14.7. The molecule has 0 aromatic heterocycles. The number of benzene rings is 2. The van der Waals surface area contributed by atoms with Gasteiger partial charge in [0, 0.05) is 16.5 Å². The Balaban J connectivity index is 2.40. The van der Waals surface area contributed by atoms with Crippen LogP contribution in [0.1, 0.15) is 30.1 Å². The normalized spacial score (nSPS) is 13.8. The maximum Gasteiger partial charge on any atom is 0.138 e. The molecule has 106 valence electrons. The number of rotatable bonds is 4. The number of halogens is 2. The summed E-state index contributed by atoms with van der Waals surface area (Å²) in [7, 11) is 1.58. The predicted molar refractivity (Wildman–Crippen MR) is 85.5 cm³/mol. The van der Waals surface area contributed by atoms with Crippen LogP contribution in [-0.4, -0.2) is 12.2 Å². The number of methoxy groups -OCH3 is 1. The third kappa shape index (κ3) is 3.17. The van der Waals surface area contributed by atoms with E-state index in [0.717, 1.165) is 10.0 Å². The maximum absolute atomic E-state index is 10.6. The van der Waals surface area contributed by atoms with Crippen LogP contribution in [0.4, 0.5) is 0 Å².